The third-order valence-electron chi connectivity index (χ3n) is 7.76. The number of ether oxygens (including phenoxy) is 4. The lowest BCUT2D eigenvalue weighted by Gasteiger charge is -2.25. The Hall–Kier alpha value is -4.80. The second kappa shape index (κ2) is 18.1. The van der Waals surface area contributed by atoms with E-state index in [0.717, 1.165) is 32.8 Å². The summed E-state index contributed by atoms with van der Waals surface area (Å²) in [5, 5.41) is 0. The van der Waals surface area contributed by atoms with Crippen LogP contribution in [0.25, 0.3) is 0 Å². The van der Waals surface area contributed by atoms with Crippen molar-refractivity contribution in [2.45, 2.75) is 115 Å². The molecule has 0 bridgehead atoms. The van der Waals surface area contributed by atoms with Crippen LogP contribution < -0.4 is 24.6 Å². The lowest BCUT2D eigenvalue weighted by molar-refractivity contribution is -0.133. The maximum atomic E-state index is 14.2. The fourth-order valence-electron chi connectivity index (χ4n) is 5.19. The SMILES string of the molecule is CCc1oc(=O)c(Cc2c(OC(C)=O)c(CC=C(C)CCC=C(C)C)c(OC(C)=O)c(C(=O)C(C)CC)c2OC(C)=O)c(OC(C)=O)c1C. The van der Waals surface area contributed by atoms with Crippen molar-refractivity contribution in [3.05, 3.63) is 67.3 Å². The van der Waals surface area contributed by atoms with Crippen molar-refractivity contribution in [3.63, 3.8) is 0 Å². The Balaban J connectivity index is 3.26. The molecule has 0 saturated heterocycles. The molecule has 49 heavy (non-hydrogen) atoms. The topological polar surface area (TPSA) is 152 Å². The number of carbonyl (C=O) groups is 5. The summed E-state index contributed by atoms with van der Waals surface area (Å²) in [7, 11) is 0. The van der Waals surface area contributed by atoms with Crippen LogP contribution in [0.3, 0.4) is 0 Å². The van der Waals surface area contributed by atoms with Crippen LogP contribution in [0.4, 0.5) is 0 Å². The van der Waals surface area contributed by atoms with Crippen LogP contribution in [0.1, 0.15) is 127 Å². The molecule has 0 radical (unpaired) electrons. The van der Waals surface area contributed by atoms with E-state index in [2.05, 4.69) is 6.08 Å². The molecule has 0 fully saturated rings. The van der Waals surface area contributed by atoms with E-state index in [0.29, 0.717) is 24.8 Å². The first kappa shape index (κ1) is 40.4. The summed E-state index contributed by atoms with van der Waals surface area (Å²) in [5.74, 6) is -4.78. The molecule has 0 saturated carbocycles. The van der Waals surface area contributed by atoms with Gasteiger partial charge in [-0.3, -0.25) is 24.0 Å². The summed E-state index contributed by atoms with van der Waals surface area (Å²) in [6.07, 6.45) is 5.70. The van der Waals surface area contributed by atoms with Gasteiger partial charge in [0.15, 0.2) is 17.3 Å². The standard InChI is InChI=1S/C38H48O11/c1-12-22(6)33(43)32-36(47-26(10)41)28(18-17-21(5)16-14-15-20(3)4)35(46-25(9)40)29(37(32)48-27(11)42)19-30-34(45-24(8)39)23(7)31(13-2)49-38(30)44/h15,17,22H,12-14,16,18-19H2,1-11H3. The first-order valence-electron chi connectivity index (χ1n) is 16.4. The van der Waals surface area contributed by atoms with Crippen molar-refractivity contribution in [2.75, 3.05) is 0 Å². The quantitative estimate of drug-likeness (QED) is 0.0808. The second-order valence-electron chi connectivity index (χ2n) is 12.2. The largest absolute Gasteiger partial charge is 0.427 e. The van der Waals surface area contributed by atoms with Crippen molar-refractivity contribution < 1.29 is 47.3 Å². The zero-order chi connectivity index (χ0) is 37.2. The predicted molar refractivity (Wildman–Crippen MR) is 183 cm³/mol. The van der Waals surface area contributed by atoms with Gasteiger partial charge in [-0.15, -0.1) is 0 Å². The van der Waals surface area contributed by atoms with E-state index in [4.69, 9.17) is 23.4 Å². The molecule has 0 N–H and O–H groups in total. The molecule has 0 aliphatic carbocycles. The summed E-state index contributed by atoms with van der Waals surface area (Å²) < 4.78 is 28.3. The van der Waals surface area contributed by atoms with Crippen molar-refractivity contribution in [1.82, 2.24) is 0 Å². The zero-order valence-electron chi connectivity index (χ0n) is 30.5. The number of hydrogen-bond donors (Lipinski definition) is 0. The van der Waals surface area contributed by atoms with Crippen LogP contribution in [0.15, 0.2) is 32.5 Å². The monoisotopic (exact) mass is 680 g/mol. The lowest BCUT2D eigenvalue weighted by Crippen LogP contribution is -2.22. The van der Waals surface area contributed by atoms with E-state index in [-0.39, 0.29) is 57.4 Å². The van der Waals surface area contributed by atoms with E-state index in [9.17, 15) is 28.8 Å². The van der Waals surface area contributed by atoms with Crippen molar-refractivity contribution >= 4 is 29.7 Å². The smallest absolute Gasteiger partial charge is 0.343 e. The van der Waals surface area contributed by atoms with Crippen LogP contribution in [0, 0.1) is 12.8 Å². The van der Waals surface area contributed by atoms with Crippen molar-refractivity contribution in [3.8, 4) is 23.0 Å². The molecular weight excluding hydrogens is 632 g/mol. The molecule has 0 spiro atoms. The van der Waals surface area contributed by atoms with E-state index >= 15 is 0 Å². The van der Waals surface area contributed by atoms with Gasteiger partial charge in [0.25, 0.3) is 0 Å². The Bertz CT molecular complexity index is 1730. The van der Waals surface area contributed by atoms with Gasteiger partial charge >= 0.3 is 29.5 Å². The molecule has 266 valence electrons. The van der Waals surface area contributed by atoms with Gasteiger partial charge in [-0.2, -0.15) is 0 Å². The number of benzene rings is 1. The first-order chi connectivity index (χ1) is 22.9. The molecule has 11 nitrogen and oxygen atoms in total. The maximum Gasteiger partial charge on any atom is 0.343 e. The maximum absolute atomic E-state index is 14.2. The van der Waals surface area contributed by atoms with Gasteiger partial charge in [-0.1, -0.05) is 44.1 Å². The molecule has 1 unspecified atom stereocenters. The summed E-state index contributed by atoms with van der Waals surface area (Å²) in [6.45, 7) is 17.4. The summed E-state index contributed by atoms with van der Waals surface area (Å²) in [5.41, 5.74) is 1.39. The van der Waals surface area contributed by atoms with E-state index in [1.807, 2.05) is 26.8 Å². The van der Waals surface area contributed by atoms with Crippen molar-refractivity contribution in [1.29, 1.82) is 0 Å². The molecule has 0 amide bonds. The van der Waals surface area contributed by atoms with E-state index in [1.54, 1.807) is 27.7 Å². The number of carbonyl (C=O) groups excluding carboxylic acids is 5. The fraction of sp³-hybridized carbons (Fsp3) is 0.474. The third kappa shape index (κ3) is 10.9. The summed E-state index contributed by atoms with van der Waals surface area (Å²) >= 11 is 0. The number of hydrogen-bond acceptors (Lipinski definition) is 11. The molecule has 1 aromatic heterocycles. The van der Waals surface area contributed by atoms with Gasteiger partial charge in [-0.05, 0) is 53.4 Å². The normalized spacial score (nSPS) is 11.8. The molecule has 1 heterocycles. The van der Waals surface area contributed by atoms with Gasteiger partial charge in [-0.25, -0.2) is 4.79 Å². The van der Waals surface area contributed by atoms with Crippen LogP contribution in [0.5, 0.6) is 23.0 Å². The highest BCUT2D eigenvalue weighted by atomic mass is 16.6. The molecule has 2 aromatic rings. The van der Waals surface area contributed by atoms with Crippen LogP contribution >= 0.6 is 0 Å². The van der Waals surface area contributed by atoms with Gasteiger partial charge in [0, 0.05) is 63.1 Å². The average Bonchev–Trinajstić information content (AvgIpc) is 2.99. The Morgan fingerprint density at radius 1 is 0.714 bits per heavy atom. The predicted octanol–water partition coefficient (Wildman–Crippen LogP) is 7.27. The minimum atomic E-state index is -0.850. The van der Waals surface area contributed by atoms with Gasteiger partial charge in [0.1, 0.15) is 22.8 Å². The fourth-order valence-corrected chi connectivity index (χ4v) is 5.19. The molecule has 2 rings (SSSR count). The second-order valence-corrected chi connectivity index (χ2v) is 12.2. The van der Waals surface area contributed by atoms with E-state index in [1.165, 1.54) is 12.5 Å². The third-order valence-corrected chi connectivity index (χ3v) is 7.76. The molecule has 1 atom stereocenters. The van der Waals surface area contributed by atoms with Crippen molar-refractivity contribution in [2.24, 2.45) is 5.92 Å². The van der Waals surface area contributed by atoms with Gasteiger partial charge < -0.3 is 23.4 Å². The molecule has 0 aliphatic heterocycles. The highest BCUT2D eigenvalue weighted by Gasteiger charge is 2.35. The lowest BCUT2D eigenvalue weighted by atomic mass is 9.88. The summed E-state index contributed by atoms with van der Waals surface area (Å²) in [6, 6.07) is 0. The molecule has 0 aliphatic rings. The van der Waals surface area contributed by atoms with Gasteiger partial charge in [0.2, 0.25) is 0 Å². The number of ketones is 1. The number of aryl methyl sites for hydroxylation is 1. The number of esters is 4. The molecule has 1 aromatic carbocycles. The first-order valence-corrected chi connectivity index (χ1v) is 16.4. The molecule has 11 heteroatoms. The van der Waals surface area contributed by atoms with Crippen LogP contribution in [-0.4, -0.2) is 29.7 Å². The Labute approximate surface area is 287 Å². The number of rotatable bonds is 15. The van der Waals surface area contributed by atoms with E-state index < -0.39 is 47.6 Å². The Kier molecular flexibility index (Phi) is 14.9. The minimum absolute atomic E-state index is 0.0270. The highest BCUT2D eigenvalue weighted by Crippen LogP contribution is 2.47. The number of Topliss-reactive ketones (excluding diaryl/α,β-unsaturated/α-hetero) is 1. The Morgan fingerprint density at radius 3 is 1.71 bits per heavy atom. The van der Waals surface area contributed by atoms with Gasteiger partial charge in [0.05, 0.1) is 5.56 Å². The molecular formula is C38H48O11. The Morgan fingerprint density at radius 2 is 1.22 bits per heavy atom. The average molecular weight is 681 g/mol. The van der Waals surface area contributed by atoms with Crippen LogP contribution in [-0.2, 0) is 38.4 Å². The highest BCUT2D eigenvalue weighted by molar-refractivity contribution is 6.05. The number of allylic oxidation sites excluding steroid dienone is 4. The zero-order valence-corrected chi connectivity index (χ0v) is 30.5. The summed E-state index contributed by atoms with van der Waals surface area (Å²) in [4.78, 5) is 77.9. The van der Waals surface area contributed by atoms with Crippen LogP contribution in [0.2, 0.25) is 0 Å². The minimum Gasteiger partial charge on any atom is -0.427 e.